The number of aromatic nitrogens is 3. The van der Waals surface area contributed by atoms with Gasteiger partial charge in [-0.15, -0.1) is 10.2 Å². The van der Waals surface area contributed by atoms with Crippen LogP contribution in [-0.2, 0) is 4.79 Å². The number of rotatable bonds is 6. The van der Waals surface area contributed by atoms with E-state index in [1.54, 1.807) is 0 Å². The molecule has 0 spiro atoms. The number of benzene rings is 1. The highest BCUT2D eigenvalue weighted by molar-refractivity contribution is 9.10. The van der Waals surface area contributed by atoms with Crippen molar-refractivity contribution in [1.29, 1.82) is 0 Å². The van der Waals surface area contributed by atoms with Crippen molar-refractivity contribution in [2.75, 3.05) is 5.75 Å². The van der Waals surface area contributed by atoms with Crippen LogP contribution < -0.4 is 5.32 Å². The molecule has 1 aromatic carbocycles. The second kappa shape index (κ2) is 10.3. The summed E-state index contributed by atoms with van der Waals surface area (Å²) in [6.07, 6.45) is 10.9. The molecule has 1 aromatic heterocycles. The lowest BCUT2D eigenvalue weighted by Crippen LogP contribution is -2.41. The molecular formula is C23H31BrN4OS. The molecule has 0 radical (unpaired) electrons. The first-order valence-electron chi connectivity index (χ1n) is 11.2. The van der Waals surface area contributed by atoms with Crippen LogP contribution in [0.15, 0.2) is 33.9 Å². The largest absolute Gasteiger partial charge is 0.352 e. The van der Waals surface area contributed by atoms with E-state index in [1.165, 1.54) is 50.3 Å². The number of hydrogen-bond donors (Lipinski definition) is 1. The monoisotopic (exact) mass is 490 g/mol. The first-order chi connectivity index (χ1) is 14.6. The smallest absolute Gasteiger partial charge is 0.230 e. The second-order valence-corrected chi connectivity index (χ2v) is 10.6. The first kappa shape index (κ1) is 21.9. The number of carbonyl (C=O) groups excluding carboxylic acids is 1. The predicted molar refractivity (Wildman–Crippen MR) is 126 cm³/mol. The summed E-state index contributed by atoms with van der Waals surface area (Å²) in [5, 5.41) is 13.2. The average molecular weight is 491 g/mol. The van der Waals surface area contributed by atoms with Gasteiger partial charge in [0.2, 0.25) is 5.91 Å². The fourth-order valence-electron chi connectivity index (χ4n) is 4.75. The second-order valence-electron chi connectivity index (χ2n) is 8.70. The third-order valence-corrected chi connectivity index (χ3v) is 7.97. The van der Waals surface area contributed by atoms with Crippen molar-refractivity contribution in [2.45, 2.75) is 82.0 Å². The third kappa shape index (κ3) is 5.28. The number of carbonyl (C=O) groups is 1. The minimum Gasteiger partial charge on any atom is -0.352 e. The molecule has 4 rings (SSSR count). The molecule has 2 atom stereocenters. The van der Waals surface area contributed by atoms with Crippen molar-refractivity contribution in [3.8, 4) is 11.4 Å². The maximum atomic E-state index is 12.6. The molecule has 0 aliphatic heterocycles. The third-order valence-electron chi connectivity index (χ3n) is 6.50. The number of amides is 1. The van der Waals surface area contributed by atoms with Gasteiger partial charge in [0.25, 0.3) is 0 Å². The van der Waals surface area contributed by atoms with Gasteiger partial charge in [-0.3, -0.25) is 9.36 Å². The summed E-state index contributed by atoms with van der Waals surface area (Å²) < 4.78 is 3.35. The van der Waals surface area contributed by atoms with Crippen LogP contribution in [0.3, 0.4) is 0 Å². The summed E-state index contributed by atoms with van der Waals surface area (Å²) in [5.41, 5.74) is 1.07. The average Bonchev–Trinajstić information content (AvgIpc) is 3.19. The Morgan fingerprint density at radius 1 is 1.07 bits per heavy atom. The summed E-state index contributed by atoms with van der Waals surface area (Å²) in [5.74, 6) is 2.00. The van der Waals surface area contributed by atoms with Crippen LogP contribution in [0.4, 0.5) is 0 Å². The highest BCUT2D eigenvalue weighted by atomic mass is 79.9. The van der Waals surface area contributed by atoms with Gasteiger partial charge in [0.15, 0.2) is 11.0 Å². The number of hydrogen-bond acceptors (Lipinski definition) is 4. The van der Waals surface area contributed by atoms with Crippen molar-refractivity contribution in [1.82, 2.24) is 20.1 Å². The molecule has 1 heterocycles. The number of halogens is 1. The van der Waals surface area contributed by atoms with E-state index >= 15 is 0 Å². The van der Waals surface area contributed by atoms with E-state index in [0.29, 0.717) is 23.8 Å². The van der Waals surface area contributed by atoms with Crippen molar-refractivity contribution in [2.24, 2.45) is 5.92 Å². The highest BCUT2D eigenvalue weighted by Gasteiger charge is 2.26. The maximum Gasteiger partial charge on any atom is 0.230 e. The highest BCUT2D eigenvalue weighted by Crippen LogP contribution is 2.36. The fourth-order valence-corrected chi connectivity index (χ4v) is 5.83. The Morgan fingerprint density at radius 3 is 2.50 bits per heavy atom. The zero-order valence-corrected chi connectivity index (χ0v) is 20.1. The zero-order chi connectivity index (χ0) is 20.9. The molecule has 2 aromatic rings. The van der Waals surface area contributed by atoms with E-state index in [-0.39, 0.29) is 5.91 Å². The van der Waals surface area contributed by atoms with E-state index in [9.17, 15) is 4.79 Å². The van der Waals surface area contributed by atoms with Gasteiger partial charge in [-0.1, -0.05) is 78.9 Å². The van der Waals surface area contributed by atoms with E-state index in [0.717, 1.165) is 40.3 Å². The number of nitrogens with one attached hydrogen (secondary N) is 1. The molecule has 2 fully saturated rings. The van der Waals surface area contributed by atoms with Gasteiger partial charge in [-0.05, 0) is 43.7 Å². The summed E-state index contributed by atoms with van der Waals surface area (Å²) in [6.45, 7) is 2.25. The van der Waals surface area contributed by atoms with Gasteiger partial charge in [0, 0.05) is 22.1 Å². The molecule has 5 nitrogen and oxygen atoms in total. The maximum absolute atomic E-state index is 12.6. The number of nitrogens with zero attached hydrogens (tertiary/aromatic N) is 3. The summed E-state index contributed by atoms with van der Waals surface area (Å²) >= 11 is 5.04. The van der Waals surface area contributed by atoms with E-state index in [2.05, 4.69) is 55.1 Å². The summed E-state index contributed by atoms with van der Waals surface area (Å²) in [6, 6.07) is 8.98. The van der Waals surface area contributed by atoms with Crippen LogP contribution in [0.25, 0.3) is 11.4 Å². The topological polar surface area (TPSA) is 59.8 Å². The predicted octanol–water partition coefficient (Wildman–Crippen LogP) is 6.00. The number of thioether (sulfide) groups is 1. The molecule has 2 aliphatic rings. The van der Waals surface area contributed by atoms with Gasteiger partial charge in [-0.2, -0.15) is 0 Å². The van der Waals surface area contributed by atoms with Gasteiger partial charge in [-0.25, -0.2) is 0 Å². The van der Waals surface area contributed by atoms with Crippen LogP contribution in [0, 0.1) is 5.92 Å². The Balaban J connectivity index is 1.49. The summed E-state index contributed by atoms with van der Waals surface area (Å²) in [7, 11) is 0. The Hall–Kier alpha value is -1.34. The molecule has 30 heavy (non-hydrogen) atoms. The van der Waals surface area contributed by atoms with Crippen molar-refractivity contribution >= 4 is 33.6 Å². The first-order valence-corrected chi connectivity index (χ1v) is 13.0. The fraction of sp³-hybridized carbons (Fsp3) is 0.609. The SMILES string of the molecule is CC1CCCCC1NC(=O)CSc1nnc(-c2ccc(Br)cc2)n1C1CCCCC1. The van der Waals surface area contributed by atoms with Crippen LogP contribution in [0.5, 0.6) is 0 Å². The van der Waals surface area contributed by atoms with Gasteiger partial charge >= 0.3 is 0 Å². The molecule has 0 saturated heterocycles. The van der Waals surface area contributed by atoms with Gasteiger partial charge < -0.3 is 5.32 Å². The molecule has 7 heteroatoms. The summed E-state index contributed by atoms with van der Waals surface area (Å²) in [4.78, 5) is 12.6. The Kier molecular flexibility index (Phi) is 7.52. The molecule has 1 N–H and O–H groups in total. The minimum atomic E-state index is 0.113. The van der Waals surface area contributed by atoms with Crippen molar-refractivity contribution < 1.29 is 4.79 Å². The van der Waals surface area contributed by atoms with Gasteiger partial charge in [0.05, 0.1) is 5.75 Å². The van der Waals surface area contributed by atoms with Crippen LogP contribution in [0.1, 0.15) is 70.8 Å². The Bertz CT molecular complexity index is 847. The lowest BCUT2D eigenvalue weighted by molar-refractivity contribution is -0.119. The Morgan fingerprint density at radius 2 is 1.77 bits per heavy atom. The molecule has 2 unspecified atom stereocenters. The van der Waals surface area contributed by atoms with Crippen molar-refractivity contribution in [3.05, 3.63) is 28.7 Å². The van der Waals surface area contributed by atoms with E-state index in [1.807, 2.05) is 12.1 Å². The van der Waals surface area contributed by atoms with Crippen LogP contribution >= 0.6 is 27.7 Å². The van der Waals surface area contributed by atoms with E-state index < -0.39 is 0 Å². The lowest BCUT2D eigenvalue weighted by Gasteiger charge is -2.29. The molecule has 1 amide bonds. The quantitative estimate of drug-likeness (QED) is 0.504. The van der Waals surface area contributed by atoms with Crippen molar-refractivity contribution in [3.63, 3.8) is 0 Å². The van der Waals surface area contributed by atoms with E-state index in [4.69, 9.17) is 0 Å². The van der Waals surface area contributed by atoms with Crippen LogP contribution in [0.2, 0.25) is 0 Å². The molecule has 162 valence electrons. The molecular weight excluding hydrogens is 460 g/mol. The molecule has 2 aliphatic carbocycles. The van der Waals surface area contributed by atoms with Gasteiger partial charge in [0.1, 0.15) is 0 Å². The molecule has 2 saturated carbocycles. The van der Waals surface area contributed by atoms with Crippen LogP contribution in [-0.4, -0.2) is 32.5 Å². The lowest BCUT2D eigenvalue weighted by atomic mass is 9.86. The minimum absolute atomic E-state index is 0.113. The normalized spacial score (nSPS) is 22.7. The standard InChI is InChI=1S/C23H31BrN4OS/c1-16-7-5-6-10-20(16)25-21(29)15-30-23-27-26-22(17-11-13-18(24)14-12-17)28(23)19-8-3-2-4-9-19/h11-14,16,19-20H,2-10,15H2,1H3,(H,25,29). The molecule has 0 bridgehead atoms. The Labute approximate surface area is 191 Å². The zero-order valence-electron chi connectivity index (χ0n) is 17.6.